The molecule has 112 valence electrons. The largest absolute Gasteiger partial charge is 0.496 e. The van der Waals surface area contributed by atoms with Crippen LogP contribution in [0.15, 0.2) is 36.4 Å². The summed E-state index contributed by atoms with van der Waals surface area (Å²) < 4.78 is 12.3. The van der Waals surface area contributed by atoms with Crippen molar-refractivity contribution in [1.29, 1.82) is 0 Å². The first-order valence-corrected chi connectivity index (χ1v) is 7.85. The molecule has 3 nitrogen and oxygen atoms in total. The van der Waals surface area contributed by atoms with E-state index in [0.717, 1.165) is 17.1 Å². The van der Waals surface area contributed by atoms with Gasteiger partial charge in [-0.15, -0.1) is 0 Å². The monoisotopic (exact) mass is 397 g/mol. The van der Waals surface area contributed by atoms with Crippen molar-refractivity contribution < 1.29 is 9.47 Å². The Balaban J connectivity index is 2.64. The molecule has 2 rings (SSSR count). The van der Waals surface area contributed by atoms with Gasteiger partial charge in [-0.25, -0.2) is 0 Å². The molecule has 2 aromatic carbocycles. The second-order valence-corrected chi connectivity index (χ2v) is 5.85. The van der Waals surface area contributed by atoms with Crippen molar-refractivity contribution in [2.75, 3.05) is 21.3 Å². The molecule has 0 saturated heterocycles. The van der Waals surface area contributed by atoms with Crippen LogP contribution in [0.25, 0.3) is 0 Å². The quantitative estimate of drug-likeness (QED) is 0.776. The highest BCUT2D eigenvalue weighted by Gasteiger charge is 2.23. The number of rotatable bonds is 5. The molecule has 1 atom stereocenters. The molecular formula is C17H20INO2. The van der Waals surface area contributed by atoms with Crippen LogP contribution in [0.3, 0.4) is 0 Å². The molecule has 0 heterocycles. The van der Waals surface area contributed by atoms with Gasteiger partial charge in [-0.05, 0) is 59.8 Å². The highest BCUT2D eigenvalue weighted by Crippen LogP contribution is 2.38. The molecule has 0 aliphatic carbocycles. The number of nitrogens with one attached hydrogen (secondary N) is 1. The van der Waals surface area contributed by atoms with Gasteiger partial charge in [0.1, 0.15) is 11.5 Å². The average molecular weight is 397 g/mol. The maximum Gasteiger partial charge on any atom is 0.127 e. The van der Waals surface area contributed by atoms with E-state index in [2.05, 4.69) is 53.0 Å². The third kappa shape index (κ3) is 3.16. The summed E-state index contributed by atoms with van der Waals surface area (Å²) in [5, 5.41) is 3.39. The molecule has 0 fully saturated rings. The van der Waals surface area contributed by atoms with E-state index in [1.54, 1.807) is 14.2 Å². The van der Waals surface area contributed by atoms with E-state index in [1.807, 2.05) is 25.2 Å². The van der Waals surface area contributed by atoms with E-state index in [4.69, 9.17) is 9.47 Å². The fourth-order valence-corrected chi connectivity index (χ4v) is 3.18. The van der Waals surface area contributed by atoms with Crippen LogP contribution in [0, 0.1) is 10.5 Å². The Morgan fingerprint density at radius 3 is 2.10 bits per heavy atom. The fourth-order valence-electron chi connectivity index (χ4n) is 2.51. The lowest BCUT2D eigenvalue weighted by atomic mass is 9.96. The molecule has 1 N–H and O–H groups in total. The van der Waals surface area contributed by atoms with Crippen LogP contribution >= 0.6 is 22.6 Å². The highest BCUT2D eigenvalue weighted by molar-refractivity contribution is 14.1. The molecule has 4 heteroatoms. The first-order valence-electron chi connectivity index (χ1n) is 6.77. The number of methoxy groups -OCH3 is 2. The Morgan fingerprint density at radius 2 is 1.57 bits per heavy atom. The van der Waals surface area contributed by atoms with Gasteiger partial charge in [-0.3, -0.25) is 0 Å². The Morgan fingerprint density at radius 1 is 1.00 bits per heavy atom. The Hall–Kier alpha value is -1.27. The number of hydrogen-bond acceptors (Lipinski definition) is 3. The molecular weight excluding hydrogens is 377 g/mol. The van der Waals surface area contributed by atoms with E-state index >= 15 is 0 Å². The van der Waals surface area contributed by atoms with Gasteiger partial charge in [0.2, 0.25) is 0 Å². The number of hydrogen-bond donors (Lipinski definition) is 1. The topological polar surface area (TPSA) is 30.5 Å². The van der Waals surface area contributed by atoms with E-state index in [9.17, 15) is 0 Å². The minimum absolute atomic E-state index is 0.0166. The smallest absolute Gasteiger partial charge is 0.127 e. The zero-order valence-electron chi connectivity index (χ0n) is 12.7. The summed E-state index contributed by atoms with van der Waals surface area (Å²) in [5.41, 5.74) is 3.51. The second kappa shape index (κ2) is 7.13. The summed E-state index contributed by atoms with van der Waals surface area (Å²) in [6.07, 6.45) is 0. The minimum atomic E-state index is 0.0166. The van der Waals surface area contributed by atoms with Crippen molar-refractivity contribution in [3.05, 3.63) is 56.7 Å². The van der Waals surface area contributed by atoms with E-state index < -0.39 is 0 Å². The van der Waals surface area contributed by atoms with E-state index in [-0.39, 0.29) is 6.04 Å². The van der Waals surface area contributed by atoms with Gasteiger partial charge in [0.05, 0.1) is 25.8 Å². The Labute approximate surface area is 139 Å². The predicted molar refractivity (Wildman–Crippen MR) is 94.3 cm³/mol. The predicted octanol–water partition coefficient (Wildman–Crippen LogP) is 3.93. The van der Waals surface area contributed by atoms with Crippen molar-refractivity contribution in [2.24, 2.45) is 0 Å². The molecule has 0 aliphatic rings. The molecule has 0 radical (unpaired) electrons. The first-order chi connectivity index (χ1) is 10.1. The molecule has 0 amide bonds. The van der Waals surface area contributed by atoms with Crippen LogP contribution in [0.1, 0.15) is 22.7 Å². The number of ether oxygens (including phenoxy) is 2. The lowest BCUT2D eigenvalue weighted by Gasteiger charge is -2.23. The summed E-state index contributed by atoms with van der Waals surface area (Å²) >= 11 is 2.40. The van der Waals surface area contributed by atoms with Crippen LogP contribution in [0.2, 0.25) is 0 Å². The summed E-state index contributed by atoms with van der Waals surface area (Å²) in [4.78, 5) is 0. The maximum absolute atomic E-state index is 5.54. The Bertz CT molecular complexity index is 606. The lowest BCUT2D eigenvalue weighted by molar-refractivity contribution is 0.378. The molecule has 2 aromatic rings. The van der Waals surface area contributed by atoms with Gasteiger partial charge in [-0.1, -0.05) is 24.3 Å². The van der Waals surface area contributed by atoms with Gasteiger partial charge in [0.15, 0.2) is 0 Å². The van der Waals surface area contributed by atoms with Crippen LogP contribution in [0.5, 0.6) is 11.5 Å². The maximum atomic E-state index is 5.54. The molecule has 0 spiro atoms. The van der Waals surface area contributed by atoms with Crippen molar-refractivity contribution in [1.82, 2.24) is 5.32 Å². The third-order valence-electron chi connectivity index (χ3n) is 3.58. The van der Waals surface area contributed by atoms with Crippen LogP contribution in [-0.2, 0) is 0 Å². The number of halogens is 1. The van der Waals surface area contributed by atoms with Crippen molar-refractivity contribution in [3.8, 4) is 11.5 Å². The molecule has 0 aromatic heterocycles. The van der Waals surface area contributed by atoms with Gasteiger partial charge < -0.3 is 14.8 Å². The third-order valence-corrected chi connectivity index (χ3v) is 5.05. The van der Waals surface area contributed by atoms with E-state index in [1.165, 1.54) is 14.7 Å². The van der Waals surface area contributed by atoms with Crippen LogP contribution in [-0.4, -0.2) is 21.3 Å². The standard InChI is InChI=1S/C17H20INO2/c1-11-7-5-8-12(16(11)18)17(19-2)15-13(20-3)9-6-10-14(15)21-4/h5-10,17,19H,1-4H3. The molecule has 0 bridgehead atoms. The van der Waals surface area contributed by atoms with Gasteiger partial charge in [0, 0.05) is 3.57 Å². The average Bonchev–Trinajstić information content (AvgIpc) is 2.52. The molecule has 21 heavy (non-hydrogen) atoms. The number of benzene rings is 2. The summed E-state index contributed by atoms with van der Waals surface area (Å²) in [6.45, 7) is 2.12. The first kappa shape index (κ1) is 16.1. The van der Waals surface area contributed by atoms with Crippen molar-refractivity contribution >= 4 is 22.6 Å². The molecule has 1 unspecified atom stereocenters. The summed E-state index contributed by atoms with van der Waals surface area (Å²) in [7, 11) is 5.33. The zero-order chi connectivity index (χ0) is 15.4. The fraction of sp³-hybridized carbons (Fsp3) is 0.294. The van der Waals surface area contributed by atoms with Crippen molar-refractivity contribution in [3.63, 3.8) is 0 Å². The second-order valence-electron chi connectivity index (χ2n) is 4.78. The van der Waals surface area contributed by atoms with Crippen LogP contribution < -0.4 is 14.8 Å². The summed E-state index contributed by atoms with van der Waals surface area (Å²) in [5.74, 6) is 1.65. The Kier molecular flexibility index (Phi) is 5.47. The number of aryl methyl sites for hydroxylation is 1. The van der Waals surface area contributed by atoms with Crippen LogP contribution in [0.4, 0.5) is 0 Å². The van der Waals surface area contributed by atoms with Gasteiger partial charge in [0.25, 0.3) is 0 Å². The van der Waals surface area contributed by atoms with E-state index in [0.29, 0.717) is 0 Å². The lowest BCUT2D eigenvalue weighted by Crippen LogP contribution is -2.20. The normalized spacial score (nSPS) is 12.0. The molecule has 0 saturated carbocycles. The highest BCUT2D eigenvalue weighted by atomic mass is 127. The van der Waals surface area contributed by atoms with Gasteiger partial charge >= 0.3 is 0 Å². The molecule has 0 aliphatic heterocycles. The summed E-state index contributed by atoms with van der Waals surface area (Å²) in [6, 6.07) is 12.2. The SMILES string of the molecule is CNC(c1cccc(C)c1I)c1c(OC)cccc1OC. The zero-order valence-corrected chi connectivity index (χ0v) is 14.9. The van der Waals surface area contributed by atoms with Gasteiger partial charge in [-0.2, -0.15) is 0 Å². The minimum Gasteiger partial charge on any atom is -0.496 e. The van der Waals surface area contributed by atoms with Crippen molar-refractivity contribution in [2.45, 2.75) is 13.0 Å².